The lowest BCUT2D eigenvalue weighted by Crippen LogP contribution is -2.40. The zero-order valence-electron chi connectivity index (χ0n) is 22.3. The number of anilines is 4. The van der Waals surface area contributed by atoms with E-state index in [9.17, 15) is 22.0 Å². The third kappa shape index (κ3) is 5.27. The Hall–Kier alpha value is -3.02. The van der Waals surface area contributed by atoms with Crippen molar-refractivity contribution in [2.75, 3.05) is 58.4 Å². The van der Waals surface area contributed by atoms with Gasteiger partial charge in [0.2, 0.25) is 16.0 Å². The molecule has 2 saturated heterocycles. The van der Waals surface area contributed by atoms with Crippen LogP contribution in [0.4, 0.5) is 31.9 Å². The van der Waals surface area contributed by atoms with Gasteiger partial charge in [-0.25, -0.2) is 22.2 Å². The highest BCUT2D eigenvalue weighted by molar-refractivity contribution is 7.92. The van der Waals surface area contributed by atoms with Gasteiger partial charge in [0, 0.05) is 57.3 Å². The fraction of sp³-hybridized carbons (Fsp3) is 0.593. The number of piperidine rings is 2. The van der Waals surface area contributed by atoms with Crippen molar-refractivity contribution in [2.45, 2.75) is 57.8 Å². The van der Waals surface area contributed by atoms with Crippen molar-refractivity contribution in [3.8, 4) is 0 Å². The number of amides is 1. The molecule has 4 aliphatic rings. The van der Waals surface area contributed by atoms with Gasteiger partial charge in [0.1, 0.15) is 5.82 Å². The highest BCUT2D eigenvalue weighted by atomic mass is 32.2. The second-order valence-electron chi connectivity index (χ2n) is 11.6. The van der Waals surface area contributed by atoms with Crippen LogP contribution in [0.1, 0.15) is 60.1 Å². The summed E-state index contributed by atoms with van der Waals surface area (Å²) in [5.41, 5.74) is 3.72. The van der Waals surface area contributed by atoms with Crippen LogP contribution >= 0.6 is 0 Å². The second-order valence-corrected chi connectivity index (χ2v) is 13.5. The number of benzene rings is 1. The predicted octanol–water partition coefficient (Wildman–Crippen LogP) is 3.98. The van der Waals surface area contributed by atoms with E-state index in [0.29, 0.717) is 47.1 Å². The third-order valence-corrected chi connectivity index (χ3v) is 9.86. The molecule has 1 spiro atoms. The summed E-state index contributed by atoms with van der Waals surface area (Å²) in [7, 11) is -3.44. The van der Waals surface area contributed by atoms with E-state index in [1.165, 1.54) is 23.4 Å². The number of hydrogen-bond donors (Lipinski definition) is 1. The van der Waals surface area contributed by atoms with Gasteiger partial charge < -0.3 is 15.1 Å². The molecule has 0 unspecified atom stereocenters. The number of aryl methyl sites for hydroxylation is 1. The van der Waals surface area contributed by atoms with E-state index in [4.69, 9.17) is 0 Å². The first-order valence-corrected chi connectivity index (χ1v) is 15.5. The molecule has 0 atom stereocenters. The topological polar surface area (TPSA) is 98.7 Å². The Morgan fingerprint density at radius 2 is 1.56 bits per heavy atom. The molecule has 39 heavy (non-hydrogen) atoms. The summed E-state index contributed by atoms with van der Waals surface area (Å²) in [6.07, 6.45) is 5.85. The van der Waals surface area contributed by atoms with E-state index in [1.807, 2.05) is 12.1 Å². The molecule has 12 heteroatoms. The number of hydrogen-bond acceptors (Lipinski definition) is 7. The van der Waals surface area contributed by atoms with Gasteiger partial charge in [-0.1, -0.05) is 0 Å². The third-order valence-electron chi connectivity index (χ3n) is 8.68. The largest absolute Gasteiger partial charge is 0.371 e. The van der Waals surface area contributed by atoms with Gasteiger partial charge in [-0.15, -0.1) is 0 Å². The van der Waals surface area contributed by atoms with Crippen LogP contribution in [0.2, 0.25) is 0 Å². The lowest BCUT2D eigenvalue weighted by molar-refractivity contribution is -0.0222. The minimum Gasteiger partial charge on any atom is -0.371 e. The Morgan fingerprint density at radius 1 is 0.897 bits per heavy atom. The van der Waals surface area contributed by atoms with E-state index in [-0.39, 0.29) is 31.8 Å². The Bertz CT molecular complexity index is 1410. The molecule has 1 aromatic heterocycles. The number of halogens is 2. The van der Waals surface area contributed by atoms with Crippen molar-refractivity contribution < 1.29 is 22.0 Å². The molecule has 1 aliphatic carbocycles. The Labute approximate surface area is 227 Å². The van der Waals surface area contributed by atoms with Crippen LogP contribution < -0.4 is 19.4 Å². The van der Waals surface area contributed by atoms with Crippen LogP contribution in [0.25, 0.3) is 0 Å². The monoisotopic (exact) mass is 560 g/mol. The molecule has 9 nitrogen and oxygen atoms in total. The molecule has 6 rings (SSSR count). The molecular weight excluding hydrogens is 526 g/mol. The van der Waals surface area contributed by atoms with E-state index >= 15 is 0 Å². The number of carbonyl (C=O) groups is 1. The van der Waals surface area contributed by atoms with Crippen LogP contribution in [0, 0.1) is 12.3 Å². The van der Waals surface area contributed by atoms with E-state index in [2.05, 4.69) is 20.2 Å². The van der Waals surface area contributed by atoms with Crippen molar-refractivity contribution in [3.05, 3.63) is 35.0 Å². The van der Waals surface area contributed by atoms with Crippen LogP contribution in [0.3, 0.4) is 0 Å². The standard InChI is InChI=1S/C27H34F2N6O3S/c1-18-15-23(32-25(30-18)34-13-8-27(28,29)9-14-34)31-24(36)20-16-19-3-10-35(39(2,37)38)21(19)17-22(20)33-11-6-26(4-5-26)7-12-33/h15-17H,3-14H2,1-2H3,(H,30,31,32,36). The Balaban J connectivity index is 1.30. The maximum atomic E-state index is 13.7. The maximum Gasteiger partial charge on any atom is 0.258 e. The van der Waals surface area contributed by atoms with E-state index in [0.717, 1.165) is 37.2 Å². The van der Waals surface area contributed by atoms with E-state index < -0.39 is 15.9 Å². The molecule has 2 aromatic rings. The first kappa shape index (κ1) is 26.2. The molecule has 3 aliphatic heterocycles. The fourth-order valence-electron chi connectivity index (χ4n) is 6.06. The van der Waals surface area contributed by atoms with Crippen LogP contribution in [-0.2, 0) is 16.4 Å². The average Bonchev–Trinajstić information content (AvgIpc) is 3.47. The molecule has 1 saturated carbocycles. The van der Waals surface area contributed by atoms with Gasteiger partial charge in [0.25, 0.3) is 11.8 Å². The van der Waals surface area contributed by atoms with Gasteiger partial charge in [-0.3, -0.25) is 9.10 Å². The maximum absolute atomic E-state index is 13.7. The summed E-state index contributed by atoms with van der Waals surface area (Å²) >= 11 is 0. The number of fused-ring (bicyclic) bond motifs is 1. The first-order chi connectivity index (χ1) is 18.4. The zero-order valence-corrected chi connectivity index (χ0v) is 23.2. The van der Waals surface area contributed by atoms with Crippen molar-refractivity contribution in [2.24, 2.45) is 5.41 Å². The number of nitrogens with zero attached hydrogens (tertiary/aromatic N) is 5. The molecule has 210 valence electrons. The molecule has 1 aromatic carbocycles. The molecule has 4 heterocycles. The number of carbonyl (C=O) groups excluding carboxylic acids is 1. The minimum absolute atomic E-state index is 0.145. The fourth-order valence-corrected chi connectivity index (χ4v) is 7.01. The molecule has 0 radical (unpaired) electrons. The number of rotatable bonds is 5. The Kier molecular flexibility index (Phi) is 6.24. The van der Waals surface area contributed by atoms with Gasteiger partial charge in [0.15, 0.2) is 0 Å². The normalized spacial score (nSPS) is 21.7. The number of aromatic nitrogens is 2. The van der Waals surface area contributed by atoms with Gasteiger partial charge in [-0.05, 0) is 62.1 Å². The predicted molar refractivity (Wildman–Crippen MR) is 147 cm³/mol. The van der Waals surface area contributed by atoms with Crippen molar-refractivity contribution in [1.82, 2.24) is 9.97 Å². The number of sulfonamides is 1. The van der Waals surface area contributed by atoms with Crippen molar-refractivity contribution in [1.29, 1.82) is 0 Å². The molecular formula is C27H34F2N6O3S. The minimum atomic E-state index is -3.44. The second kappa shape index (κ2) is 9.28. The van der Waals surface area contributed by atoms with Gasteiger partial charge in [-0.2, -0.15) is 4.98 Å². The molecule has 1 amide bonds. The van der Waals surface area contributed by atoms with Crippen LogP contribution in [0.15, 0.2) is 18.2 Å². The van der Waals surface area contributed by atoms with Crippen LogP contribution in [-0.4, -0.2) is 69.2 Å². The zero-order chi connectivity index (χ0) is 27.6. The summed E-state index contributed by atoms with van der Waals surface area (Å²) < 4.78 is 53.6. The van der Waals surface area contributed by atoms with E-state index in [1.54, 1.807) is 17.9 Å². The smallest absolute Gasteiger partial charge is 0.258 e. The summed E-state index contributed by atoms with van der Waals surface area (Å²) in [4.78, 5) is 26.6. The summed E-state index contributed by atoms with van der Waals surface area (Å²) in [5, 5.41) is 2.91. The van der Waals surface area contributed by atoms with Gasteiger partial charge >= 0.3 is 0 Å². The summed E-state index contributed by atoms with van der Waals surface area (Å²) in [5.74, 6) is -2.39. The lowest BCUT2D eigenvalue weighted by Gasteiger charge is -2.35. The summed E-state index contributed by atoms with van der Waals surface area (Å²) in [6.45, 7) is 4.05. The number of alkyl halides is 2. The van der Waals surface area contributed by atoms with Crippen molar-refractivity contribution in [3.63, 3.8) is 0 Å². The quantitative estimate of drug-likeness (QED) is 0.591. The summed E-state index contributed by atoms with van der Waals surface area (Å²) in [6, 6.07) is 5.33. The highest BCUT2D eigenvalue weighted by Crippen LogP contribution is 2.54. The Morgan fingerprint density at radius 3 is 2.21 bits per heavy atom. The number of nitrogens with one attached hydrogen (secondary N) is 1. The first-order valence-electron chi connectivity index (χ1n) is 13.6. The lowest BCUT2D eigenvalue weighted by atomic mass is 9.92. The molecule has 0 bridgehead atoms. The van der Waals surface area contributed by atoms with Gasteiger partial charge in [0.05, 0.1) is 23.2 Å². The average molecular weight is 561 g/mol. The SMILES string of the molecule is Cc1cc(NC(=O)c2cc3c(cc2N2CCC4(CC2)CC4)N(S(C)(=O)=O)CC3)nc(N2CCC(F)(F)CC2)n1. The highest BCUT2D eigenvalue weighted by Gasteiger charge is 2.45. The van der Waals surface area contributed by atoms with Crippen LogP contribution in [0.5, 0.6) is 0 Å². The molecule has 3 fully saturated rings. The van der Waals surface area contributed by atoms with Crippen molar-refractivity contribution >= 4 is 39.1 Å². The molecule has 1 N–H and O–H groups in total.